The molecule has 0 heterocycles. The van der Waals surface area contributed by atoms with Crippen molar-refractivity contribution in [2.24, 2.45) is 5.41 Å². The van der Waals surface area contributed by atoms with Crippen molar-refractivity contribution in [1.29, 1.82) is 0 Å². The Bertz CT molecular complexity index is 226. The molecule has 0 aromatic heterocycles. The number of nitrogens with one attached hydrogen (secondary N) is 1. The smallest absolute Gasteiger partial charge is 0.0741 e. The summed E-state index contributed by atoms with van der Waals surface area (Å²) in [5, 5.41) is 13.4. The molecule has 3 unspecified atom stereocenters. The van der Waals surface area contributed by atoms with Crippen LogP contribution in [0.5, 0.6) is 0 Å². The number of ether oxygens (including phenoxy) is 1. The van der Waals surface area contributed by atoms with Crippen LogP contribution >= 0.6 is 0 Å². The number of hydrogen-bond acceptors (Lipinski definition) is 3. The summed E-state index contributed by atoms with van der Waals surface area (Å²) in [5.74, 6) is 0. The molecule has 3 nitrogen and oxygen atoms in total. The molecule has 0 saturated heterocycles. The van der Waals surface area contributed by atoms with Gasteiger partial charge in [0, 0.05) is 24.6 Å². The second-order valence-corrected chi connectivity index (χ2v) is 5.79. The van der Waals surface area contributed by atoms with Crippen LogP contribution in [0.2, 0.25) is 0 Å². The number of rotatable bonds is 6. The monoisotopic (exact) mass is 229 g/mol. The molecular formula is C13H27NO2. The maximum atomic E-state index is 9.94. The van der Waals surface area contributed by atoms with Gasteiger partial charge in [-0.2, -0.15) is 0 Å². The fourth-order valence-corrected chi connectivity index (χ4v) is 2.18. The van der Waals surface area contributed by atoms with Crippen molar-refractivity contribution >= 4 is 0 Å². The van der Waals surface area contributed by atoms with Gasteiger partial charge in [-0.15, -0.1) is 0 Å². The maximum absolute atomic E-state index is 9.94. The van der Waals surface area contributed by atoms with Crippen LogP contribution in [0.3, 0.4) is 0 Å². The van der Waals surface area contributed by atoms with Crippen LogP contribution in [0.25, 0.3) is 0 Å². The zero-order valence-electron chi connectivity index (χ0n) is 11.3. The Morgan fingerprint density at radius 1 is 1.44 bits per heavy atom. The van der Waals surface area contributed by atoms with Crippen LogP contribution in [0.4, 0.5) is 0 Å². The van der Waals surface area contributed by atoms with Crippen LogP contribution in [0.15, 0.2) is 0 Å². The molecule has 1 aliphatic rings. The third-order valence-electron chi connectivity index (χ3n) is 4.04. The molecule has 0 aromatic carbocycles. The van der Waals surface area contributed by atoms with Crippen molar-refractivity contribution in [2.75, 3.05) is 13.2 Å². The first-order chi connectivity index (χ1) is 7.33. The van der Waals surface area contributed by atoms with E-state index in [4.69, 9.17) is 4.74 Å². The molecule has 3 atom stereocenters. The lowest BCUT2D eigenvalue weighted by Crippen LogP contribution is -2.62. The number of aliphatic hydroxyl groups is 1. The molecule has 16 heavy (non-hydrogen) atoms. The van der Waals surface area contributed by atoms with Crippen molar-refractivity contribution in [2.45, 2.75) is 65.2 Å². The van der Waals surface area contributed by atoms with Gasteiger partial charge in [-0.3, -0.25) is 0 Å². The van der Waals surface area contributed by atoms with Gasteiger partial charge in [0.1, 0.15) is 0 Å². The Kier molecular flexibility index (Phi) is 4.38. The largest absolute Gasteiger partial charge is 0.389 e. The SMILES string of the molecule is CCOC1CC(NCC(C)(O)CC)C1(C)C. The first-order valence-corrected chi connectivity index (χ1v) is 6.41. The highest BCUT2D eigenvalue weighted by atomic mass is 16.5. The van der Waals surface area contributed by atoms with Gasteiger partial charge in [0.2, 0.25) is 0 Å². The average Bonchev–Trinajstić information content (AvgIpc) is 2.22. The van der Waals surface area contributed by atoms with Crippen molar-refractivity contribution < 1.29 is 9.84 Å². The average molecular weight is 229 g/mol. The zero-order chi connectivity index (χ0) is 12.4. The van der Waals surface area contributed by atoms with Crippen LogP contribution in [0.1, 0.15) is 47.5 Å². The summed E-state index contributed by atoms with van der Waals surface area (Å²) in [7, 11) is 0. The molecule has 0 radical (unpaired) electrons. The van der Waals surface area contributed by atoms with E-state index in [-0.39, 0.29) is 5.41 Å². The number of hydrogen-bond donors (Lipinski definition) is 2. The van der Waals surface area contributed by atoms with Gasteiger partial charge in [0.05, 0.1) is 11.7 Å². The normalized spacial score (nSPS) is 31.9. The van der Waals surface area contributed by atoms with Gasteiger partial charge in [0.15, 0.2) is 0 Å². The molecule has 1 rings (SSSR count). The highest BCUT2D eigenvalue weighted by Gasteiger charge is 2.48. The molecule has 96 valence electrons. The van der Waals surface area contributed by atoms with Crippen LogP contribution in [-0.2, 0) is 4.74 Å². The quantitative estimate of drug-likeness (QED) is 0.731. The van der Waals surface area contributed by atoms with Crippen molar-refractivity contribution in [1.82, 2.24) is 5.32 Å². The van der Waals surface area contributed by atoms with E-state index < -0.39 is 5.60 Å². The summed E-state index contributed by atoms with van der Waals surface area (Å²) in [4.78, 5) is 0. The molecule has 3 heteroatoms. The Hall–Kier alpha value is -0.120. The van der Waals surface area contributed by atoms with E-state index >= 15 is 0 Å². The highest BCUT2D eigenvalue weighted by molar-refractivity contribution is 5.03. The second kappa shape index (κ2) is 5.03. The minimum Gasteiger partial charge on any atom is -0.389 e. The molecule has 0 spiro atoms. The molecule has 2 N–H and O–H groups in total. The lowest BCUT2D eigenvalue weighted by atomic mass is 9.64. The molecule has 0 aromatic rings. The summed E-state index contributed by atoms with van der Waals surface area (Å²) < 4.78 is 5.68. The second-order valence-electron chi connectivity index (χ2n) is 5.79. The summed E-state index contributed by atoms with van der Waals surface area (Å²) in [5.41, 5.74) is -0.410. The Morgan fingerprint density at radius 2 is 2.06 bits per heavy atom. The standard InChI is InChI=1S/C13H27NO2/c1-6-13(5,15)9-14-10-8-11(16-7-2)12(10,3)4/h10-11,14-15H,6-9H2,1-5H3. The van der Waals surface area contributed by atoms with Crippen LogP contribution in [-0.4, -0.2) is 36.0 Å². The summed E-state index contributed by atoms with van der Waals surface area (Å²) in [6.45, 7) is 11.8. The maximum Gasteiger partial charge on any atom is 0.0741 e. The first-order valence-electron chi connectivity index (χ1n) is 6.41. The van der Waals surface area contributed by atoms with E-state index in [1.54, 1.807) is 0 Å². The van der Waals surface area contributed by atoms with E-state index in [9.17, 15) is 5.11 Å². The minimum absolute atomic E-state index is 0.180. The van der Waals surface area contributed by atoms with Gasteiger partial charge >= 0.3 is 0 Å². The summed E-state index contributed by atoms with van der Waals surface area (Å²) >= 11 is 0. The Morgan fingerprint density at radius 3 is 2.50 bits per heavy atom. The van der Waals surface area contributed by atoms with Gasteiger partial charge < -0.3 is 15.2 Å². The van der Waals surface area contributed by atoms with Crippen molar-refractivity contribution in [3.63, 3.8) is 0 Å². The predicted octanol–water partition coefficient (Wildman–Crippen LogP) is 1.94. The molecule has 0 aliphatic heterocycles. The summed E-state index contributed by atoms with van der Waals surface area (Å²) in [6, 6.07) is 0.460. The van der Waals surface area contributed by atoms with E-state index in [2.05, 4.69) is 19.2 Å². The van der Waals surface area contributed by atoms with Gasteiger partial charge in [-0.25, -0.2) is 0 Å². The zero-order valence-corrected chi connectivity index (χ0v) is 11.3. The minimum atomic E-state index is -0.590. The molecule has 1 aliphatic carbocycles. The lowest BCUT2D eigenvalue weighted by molar-refractivity contribution is -0.117. The van der Waals surface area contributed by atoms with Crippen LogP contribution < -0.4 is 5.32 Å². The molecule has 1 fully saturated rings. The lowest BCUT2D eigenvalue weighted by Gasteiger charge is -2.52. The van der Waals surface area contributed by atoms with Crippen molar-refractivity contribution in [3.05, 3.63) is 0 Å². The summed E-state index contributed by atoms with van der Waals surface area (Å²) in [6.07, 6.45) is 2.20. The molecular weight excluding hydrogens is 202 g/mol. The first kappa shape index (κ1) is 13.9. The Balaban J connectivity index is 2.36. The third-order valence-corrected chi connectivity index (χ3v) is 4.04. The Labute approximate surface area is 99.6 Å². The molecule has 0 amide bonds. The third kappa shape index (κ3) is 2.96. The molecule has 0 bridgehead atoms. The highest BCUT2D eigenvalue weighted by Crippen LogP contribution is 2.42. The van der Waals surface area contributed by atoms with Crippen molar-refractivity contribution in [3.8, 4) is 0 Å². The van der Waals surface area contributed by atoms with E-state index in [1.165, 1.54) is 0 Å². The fourth-order valence-electron chi connectivity index (χ4n) is 2.18. The van der Waals surface area contributed by atoms with E-state index in [0.29, 0.717) is 18.7 Å². The van der Waals surface area contributed by atoms with E-state index in [1.807, 2.05) is 20.8 Å². The van der Waals surface area contributed by atoms with Crippen LogP contribution in [0, 0.1) is 5.41 Å². The van der Waals surface area contributed by atoms with Gasteiger partial charge in [-0.1, -0.05) is 20.8 Å². The van der Waals surface area contributed by atoms with Gasteiger partial charge in [-0.05, 0) is 26.7 Å². The van der Waals surface area contributed by atoms with E-state index in [0.717, 1.165) is 19.4 Å². The molecule has 1 saturated carbocycles. The predicted molar refractivity (Wildman–Crippen MR) is 66.5 cm³/mol. The van der Waals surface area contributed by atoms with Gasteiger partial charge in [0.25, 0.3) is 0 Å². The topological polar surface area (TPSA) is 41.5 Å². The fraction of sp³-hybridized carbons (Fsp3) is 1.00.